The second-order valence-electron chi connectivity index (χ2n) is 6.92. The molecule has 1 heterocycles. The quantitative estimate of drug-likeness (QED) is 0.757. The van der Waals surface area contributed by atoms with Crippen LogP contribution in [0.2, 0.25) is 0 Å². The van der Waals surface area contributed by atoms with E-state index in [1.807, 2.05) is 0 Å². The summed E-state index contributed by atoms with van der Waals surface area (Å²) >= 11 is 0. The monoisotopic (exact) mass is 316 g/mol. The molecule has 1 aliphatic carbocycles. The molecule has 1 saturated heterocycles. The van der Waals surface area contributed by atoms with Crippen LogP contribution < -0.4 is 0 Å². The van der Waals surface area contributed by atoms with Gasteiger partial charge >= 0.3 is 0 Å². The lowest BCUT2D eigenvalue weighted by Crippen LogP contribution is -2.45. The Morgan fingerprint density at radius 2 is 1.90 bits per heavy atom. The SMILES string of the molecule is CC(C)COC1CCCN(S(=O)(=O)C[C]2CCCCC2)C1. The van der Waals surface area contributed by atoms with Crippen LogP contribution in [0, 0.1) is 11.8 Å². The van der Waals surface area contributed by atoms with Crippen LogP contribution in [0.3, 0.4) is 0 Å². The van der Waals surface area contributed by atoms with E-state index < -0.39 is 10.0 Å². The van der Waals surface area contributed by atoms with Crippen molar-refractivity contribution in [3.63, 3.8) is 0 Å². The predicted molar refractivity (Wildman–Crippen MR) is 85.5 cm³/mol. The maximum absolute atomic E-state index is 12.6. The number of ether oxygens (including phenoxy) is 1. The van der Waals surface area contributed by atoms with Crippen molar-refractivity contribution >= 4 is 10.0 Å². The zero-order valence-corrected chi connectivity index (χ0v) is 14.3. The van der Waals surface area contributed by atoms with Gasteiger partial charge in [0.1, 0.15) is 0 Å². The Balaban J connectivity index is 1.86. The predicted octanol–water partition coefficient (Wildman–Crippen LogP) is 2.99. The van der Waals surface area contributed by atoms with Crippen molar-refractivity contribution in [2.24, 2.45) is 5.92 Å². The van der Waals surface area contributed by atoms with Gasteiger partial charge in [-0.2, -0.15) is 4.31 Å². The zero-order valence-electron chi connectivity index (χ0n) is 13.5. The normalized spacial score (nSPS) is 26.3. The summed E-state index contributed by atoms with van der Waals surface area (Å²) in [4.78, 5) is 0. The molecular weight excluding hydrogens is 286 g/mol. The van der Waals surface area contributed by atoms with Crippen molar-refractivity contribution in [1.82, 2.24) is 4.31 Å². The first-order chi connectivity index (χ1) is 9.97. The molecule has 1 atom stereocenters. The Bertz CT molecular complexity index is 402. The molecule has 0 aromatic heterocycles. The van der Waals surface area contributed by atoms with Gasteiger partial charge in [0.05, 0.1) is 11.9 Å². The summed E-state index contributed by atoms with van der Waals surface area (Å²) in [5, 5.41) is 0. The third-order valence-electron chi connectivity index (χ3n) is 4.35. The largest absolute Gasteiger partial charge is 0.377 e. The number of nitrogens with zero attached hydrogens (tertiary/aromatic N) is 1. The topological polar surface area (TPSA) is 46.6 Å². The molecule has 21 heavy (non-hydrogen) atoms. The Hall–Kier alpha value is -0.130. The van der Waals surface area contributed by atoms with Crippen molar-refractivity contribution in [2.45, 2.75) is 64.9 Å². The van der Waals surface area contributed by atoms with E-state index in [1.54, 1.807) is 4.31 Å². The summed E-state index contributed by atoms with van der Waals surface area (Å²) in [5.74, 6) is 1.99. The van der Waals surface area contributed by atoms with E-state index in [1.165, 1.54) is 12.3 Å². The Morgan fingerprint density at radius 3 is 2.57 bits per heavy atom. The van der Waals surface area contributed by atoms with Crippen LogP contribution in [0.4, 0.5) is 0 Å². The smallest absolute Gasteiger partial charge is 0.214 e. The van der Waals surface area contributed by atoms with Crippen LogP contribution in [-0.4, -0.2) is 44.3 Å². The van der Waals surface area contributed by atoms with Crippen LogP contribution in [0.15, 0.2) is 0 Å². The van der Waals surface area contributed by atoms with Gasteiger partial charge in [0.15, 0.2) is 0 Å². The lowest BCUT2D eigenvalue weighted by molar-refractivity contribution is 0.00556. The first-order valence-electron chi connectivity index (χ1n) is 8.40. The molecule has 2 fully saturated rings. The molecule has 1 saturated carbocycles. The maximum atomic E-state index is 12.6. The van der Waals surface area contributed by atoms with Gasteiger partial charge in [-0.05, 0) is 37.5 Å². The molecule has 5 heteroatoms. The minimum atomic E-state index is -3.14. The van der Waals surface area contributed by atoms with Gasteiger partial charge in [0.25, 0.3) is 0 Å². The van der Waals surface area contributed by atoms with E-state index >= 15 is 0 Å². The molecule has 1 unspecified atom stereocenters. The molecule has 0 aromatic carbocycles. The average Bonchev–Trinajstić information content (AvgIpc) is 2.46. The number of piperidine rings is 1. The molecule has 2 aliphatic rings. The van der Waals surface area contributed by atoms with Crippen molar-refractivity contribution in [3.05, 3.63) is 5.92 Å². The number of hydrogen-bond donors (Lipinski definition) is 0. The second-order valence-corrected chi connectivity index (χ2v) is 8.89. The number of rotatable bonds is 6. The maximum Gasteiger partial charge on any atom is 0.214 e. The molecule has 123 valence electrons. The summed E-state index contributed by atoms with van der Waals surface area (Å²) in [5.41, 5.74) is 0. The highest BCUT2D eigenvalue weighted by Crippen LogP contribution is 2.28. The Kier molecular flexibility index (Phi) is 6.51. The molecule has 0 spiro atoms. The van der Waals surface area contributed by atoms with E-state index in [0.717, 1.165) is 45.1 Å². The van der Waals surface area contributed by atoms with Crippen LogP contribution in [0.5, 0.6) is 0 Å². The Morgan fingerprint density at radius 1 is 1.19 bits per heavy atom. The van der Waals surface area contributed by atoms with Crippen LogP contribution in [0.1, 0.15) is 58.8 Å². The fraction of sp³-hybridized carbons (Fsp3) is 0.938. The minimum Gasteiger partial charge on any atom is -0.377 e. The highest BCUT2D eigenvalue weighted by molar-refractivity contribution is 7.89. The average molecular weight is 316 g/mol. The molecule has 2 rings (SSSR count). The van der Waals surface area contributed by atoms with Gasteiger partial charge in [-0.3, -0.25) is 0 Å². The summed E-state index contributed by atoms with van der Waals surface area (Å²) in [6.45, 7) is 6.17. The van der Waals surface area contributed by atoms with Gasteiger partial charge in [0, 0.05) is 19.7 Å². The van der Waals surface area contributed by atoms with Crippen molar-refractivity contribution in [2.75, 3.05) is 25.4 Å². The van der Waals surface area contributed by atoms with Gasteiger partial charge in [-0.1, -0.05) is 33.1 Å². The minimum absolute atomic E-state index is 0.0762. The Labute approximate surface area is 130 Å². The zero-order chi connectivity index (χ0) is 15.3. The van der Waals surface area contributed by atoms with E-state index in [0.29, 0.717) is 19.0 Å². The summed E-state index contributed by atoms with van der Waals surface area (Å²) in [7, 11) is -3.14. The van der Waals surface area contributed by atoms with Crippen molar-refractivity contribution < 1.29 is 13.2 Å². The lowest BCUT2D eigenvalue weighted by Gasteiger charge is -2.33. The molecule has 0 N–H and O–H groups in total. The van der Waals surface area contributed by atoms with Crippen LogP contribution in [0.25, 0.3) is 0 Å². The molecule has 0 aromatic rings. The van der Waals surface area contributed by atoms with E-state index in [9.17, 15) is 8.42 Å². The van der Waals surface area contributed by atoms with E-state index in [-0.39, 0.29) is 11.9 Å². The molecule has 4 nitrogen and oxygen atoms in total. The third kappa shape index (κ3) is 5.53. The fourth-order valence-corrected chi connectivity index (χ4v) is 4.96. The molecular formula is C16H30NO3S. The van der Waals surface area contributed by atoms with Crippen molar-refractivity contribution in [1.29, 1.82) is 0 Å². The second kappa shape index (κ2) is 7.93. The molecule has 1 aliphatic heterocycles. The van der Waals surface area contributed by atoms with Crippen LogP contribution >= 0.6 is 0 Å². The van der Waals surface area contributed by atoms with E-state index in [4.69, 9.17) is 4.74 Å². The van der Waals surface area contributed by atoms with Gasteiger partial charge in [-0.25, -0.2) is 8.42 Å². The molecule has 1 radical (unpaired) electrons. The number of hydrogen-bond acceptors (Lipinski definition) is 3. The highest BCUT2D eigenvalue weighted by atomic mass is 32.2. The van der Waals surface area contributed by atoms with Gasteiger partial charge < -0.3 is 4.74 Å². The lowest BCUT2D eigenvalue weighted by atomic mass is 9.91. The summed E-state index contributed by atoms with van der Waals surface area (Å²) in [6, 6.07) is 0. The first kappa shape index (κ1) is 17.2. The third-order valence-corrected chi connectivity index (χ3v) is 6.24. The summed E-state index contributed by atoms with van der Waals surface area (Å²) < 4.78 is 32.7. The van der Waals surface area contributed by atoms with Crippen LogP contribution in [-0.2, 0) is 14.8 Å². The fourth-order valence-electron chi connectivity index (χ4n) is 3.17. The van der Waals surface area contributed by atoms with E-state index in [2.05, 4.69) is 13.8 Å². The van der Waals surface area contributed by atoms with Gasteiger partial charge in [0.2, 0.25) is 10.0 Å². The molecule has 0 bridgehead atoms. The molecule has 0 amide bonds. The number of sulfonamides is 1. The van der Waals surface area contributed by atoms with Gasteiger partial charge in [-0.15, -0.1) is 0 Å². The standard InChI is InChI=1S/C16H30NO3S/c1-14(2)12-20-16-9-6-10-17(11-16)21(18,19)13-15-7-4-3-5-8-15/h14,16H,3-13H2,1-2H3. The first-order valence-corrected chi connectivity index (χ1v) is 10.0. The summed E-state index contributed by atoms with van der Waals surface area (Å²) in [6.07, 6.45) is 7.54. The highest BCUT2D eigenvalue weighted by Gasteiger charge is 2.31. The van der Waals surface area contributed by atoms with Crippen molar-refractivity contribution in [3.8, 4) is 0 Å².